The number of benzene rings is 2. The molecule has 2 unspecified atom stereocenters. The van der Waals surface area contributed by atoms with Crippen LogP contribution in [-0.4, -0.2) is 20.3 Å². The maximum absolute atomic E-state index is 14.1. The summed E-state index contributed by atoms with van der Waals surface area (Å²) in [7, 11) is -1.22. The van der Waals surface area contributed by atoms with Gasteiger partial charge in [-0.05, 0) is 43.2 Å². The Kier molecular flexibility index (Phi) is 4.92. The number of rotatable bonds is 4. The minimum Gasteiger partial charge on any atom is -0.242 e. The van der Waals surface area contributed by atoms with Crippen LogP contribution in [0, 0.1) is 11.6 Å². The predicted octanol–water partition coefficient (Wildman–Crippen LogP) is 4.48. The van der Waals surface area contributed by atoms with E-state index in [2.05, 4.69) is 0 Å². The smallest absolute Gasteiger partial charge is 0.130 e. The zero-order valence-electron chi connectivity index (χ0n) is 13.6. The van der Waals surface area contributed by atoms with E-state index in [-0.39, 0.29) is 16.9 Å². The van der Waals surface area contributed by atoms with E-state index in [9.17, 15) is 13.0 Å². The van der Waals surface area contributed by atoms with Crippen LogP contribution in [0.15, 0.2) is 54.6 Å². The standard InChI is InChI=1S/C19H19F2NOS/c1-13(2)24(23)22-12-15(17-11-16(20)8-9-18(17)21)10-19(22)14-6-4-3-5-7-14/h3-11,13,19H,12H2,1-2H3. The van der Waals surface area contributed by atoms with Crippen LogP contribution in [0.1, 0.15) is 31.0 Å². The lowest BCUT2D eigenvalue weighted by molar-refractivity contribution is 0.453. The summed E-state index contributed by atoms with van der Waals surface area (Å²) in [6.45, 7) is 4.10. The maximum Gasteiger partial charge on any atom is 0.130 e. The highest BCUT2D eigenvalue weighted by molar-refractivity contribution is 7.83. The van der Waals surface area contributed by atoms with Gasteiger partial charge in [0, 0.05) is 17.4 Å². The Morgan fingerprint density at radius 2 is 1.83 bits per heavy atom. The normalized spacial score (nSPS) is 19.5. The fraction of sp³-hybridized carbons (Fsp3) is 0.263. The summed E-state index contributed by atoms with van der Waals surface area (Å²) in [5, 5.41) is -0.0543. The zero-order valence-corrected chi connectivity index (χ0v) is 14.4. The topological polar surface area (TPSA) is 20.3 Å². The molecule has 3 rings (SSSR count). The third-order valence-electron chi connectivity index (χ3n) is 4.05. The van der Waals surface area contributed by atoms with Crippen LogP contribution in [0.4, 0.5) is 8.78 Å². The summed E-state index contributed by atoms with van der Waals surface area (Å²) in [6.07, 6.45) is 1.88. The molecule has 0 saturated heterocycles. The van der Waals surface area contributed by atoms with Crippen molar-refractivity contribution >= 4 is 16.6 Å². The van der Waals surface area contributed by atoms with Gasteiger partial charge in [0.1, 0.15) is 11.6 Å². The minimum absolute atomic E-state index is 0.0543. The van der Waals surface area contributed by atoms with Gasteiger partial charge in [-0.25, -0.2) is 17.3 Å². The molecule has 0 N–H and O–H groups in total. The fourth-order valence-electron chi connectivity index (χ4n) is 2.87. The molecular weight excluding hydrogens is 328 g/mol. The highest BCUT2D eigenvalue weighted by atomic mass is 32.2. The summed E-state index contributed by atoms with van der Waals surface area (Å²) in [5.41, 5.74) is 1.88. The van der Waals surface area contributed by atoms with E-state index in [4.69, 9.17) is 0 Å². The first-order valence-corrected chi connectivity index (χ1v) is 9.02. The van der Waals surface area contributed by atoms with Crippen molar-refractivity contribution in [2.24, 2.45) is 0 Å². The Balaban J connectivity index is 2.03. The summed E-state index contributed by atoms with van der Waals surface area (Å²) >= 11 is 0. The molecule has 1 aliphatic rings. The molecule has 0 aromatic heterocycles. The van der Waals surface area contributed by atoms with Gasteiger partial charge in [-0.2, -0.15) is 0 Å². The third kappa shape index (κ3) is 3.32. The Labute approximate surface area is 143 Å². The molecule has 126 valence electrons. The predicted molar refractivity (Wildman–Crippen MR) is 93.5 cm³/mol. The lowest BCUT2D eigenvalue weighted by atomic mass is 10.0. The van der Waals surface area contributed by atoms with Crippen LogP contribution >= 0.6 is 0 Å². The average Bonchev–Trinajstić information content (AvgIpc) is 3.02. The van der Waals surface area contributed by atoms with Crippen molar-refractivity contribution in [1.29, 1.82) is 0 Å². The largest absolute Gasteiger partial charge is 0.242 e. The second-order valence-electron chi connectivity index (χ2n) is 6.07. The highest BCUT2D eigenvalue weighted by Crippen LogP contribution is 2.37. The zero-order chi connectivity index (χ0) is 17.3. The summed E-state index contributed by atoms with van der Waals surface area (Å²) in [6, 6.07) is 12.9. The first kappa shape index (κ1) is 17.0. The van der Waals surface area contributed by atoms with Gasteiger partial charge in [-0.3, -0.25) is 0 Å². The molecule has 24 heavy (non-hydrogen) atoms. The second kappa shape index (κ2) is 6.95. The number of hydrogen-bond donors (Lipinski definition) is 0. The number of hydrogen-bond acceptors (Lipinski definition) is 1. The van der Waals surface area contributed by atoms with Crippen molar-refractivity contribution in [2.45, 2.75) is 25.1 Å². The quantitative estimate of drug-likeness (QED) is 0.799. The van der Waals surface area contributed by atoms with Gasteiger partial charge in [-0.15, -0.1) is 0 Å². The molecule has 5 heteroatoms. The first-order chi connectivity index (χ1) is 11.5. The van der Waals surface area contributed by atoms with Crippen LogP contribution in [0.25, 0.3) is 5.57 Å². The molecule has 2 nitrogen and oxygen atoms in total. The van der Waals surface area contributed by atoms with Gasteiger partial charge in [0.05, 0.1) is 17.0 Å². The van der Waals surface area contributed by atoms with E-state index in [1.165, 1.54) is 6.07 Å². The van der Waals surface area contributed by atoms with Crippen molar-refractivity contribution in [3.8, 4) is 0 Å². The van der Waals surface area contributed by atoms with Gasteiger partial charge in [0.15, 0.2) is 0 Å². The Hall–Kier alpha value is -1.85. The van der Waals surface area contributed by atoms with Crippen LogP contribution in [0.5, 0.6) is 0 Å². The van der Waals surface area contributed by atoms with E-state index in [0.29, 0.717) is 12.1 Å². The first-order valence-electron chi connectivity index (χ1n) is 7.85. The lowest BCUT2D eigenvalue weighted by Gasteiger charge is -2.25. The molecule has 1 heterocycles. The molecule has 2 atom stereocenters. The fourth-order valence-corrected chi connectivity index (χ4v) is 4.08. The molecule has 1 aliphatic heterocycles. The van der Waals surface area contributed by atoms with Gasteiger partial charge in [0.2, 0.25) is 0 Å². The summed E-state index contributed by atoms with van der Waals surface area (Å²) in [4.78, 5) is 0. The molecule has 2 aromatic rings. The Bertz CT molecular complexity index is 789. The molecule has 2 aromatic carbocycles. The molecule has 0 spiro atoms. The van der Waals surface area contributed by atoms with E-state index in [1.807, 2.05) is 54.6 Å². The third-order valence-corrected chi connectivity index (χ3v) is 5.67. The van der Waals surface area contributed by atoms with Crippen molar-refractivity contribution in [1.82, 2.24) is 4.31 Å². The van der Waals surface area contributed by atoms with E-state index in [0.717, 1.165) is 17.7 Å². The van der Waals surface area contributed by atoms with Gasteiger partial charge in [0.25, 0.3) is 0 Å². The Morgan fingerprint density at radius 1 is 1.12 bits per heavy atom. The van der Waals surface area contributed by atoms with E-state index in [1.54, 1.807) is 0 Å². The van der Waals surface area contributed by atoms with Crippen LogP contribution in [0.3, 0.4) is 0 Å². The number of nitrogens with zero attached hydrogens (tertiary/aromatic N) is 1. The molecule has 0 radical (unpaired) electrons. The van der Waals surface area contributed by atoms with Crippen LogP contribution in [0.2, 0.25) is 0 Å². The molecule has 0 saturated carbocycles. The maximum atomic E-state index is 14.1. The van der Waals surface area contributed by atoms with Crippen molar-refractivity contribution in [3.05, 3.63) is 77.4 Å². The van der Waals surface area contributed by atoms with E-state index >= 15 is 0 Å². The van der Waals surface area contributed by atoms with Crippen LogP contribution in [-0.2, 0) is 11.0 Å². The number of halogens is 2. The summed E-state index contributed by atoms with van der Waals surface area (Å²) in [5.74, 6) is -0.946. The second-order valence-corrected chi connectivity index (χ2v) is 8.04. The lowest BCUT2D eigenvalue weighted by Crippen LogP contribution is -2.31. The van der Waals surface area contributed by atoms with Gasteiger partial charge >= 0.3 is 0 Å². The molecule has 0 amide bonds. The SMILES string of the molecule is CC(C)S(=O)N1CC(c2cc(F)ccc2F)=CC1c1ccccc1. The average molecular weight is 347 g/mol. The Morgan fingerprint density at radius 3 is 2.50 bits per heavy atom. The highest BCUT2D eigenvalue weighted by Gasteiger charge is 2.32. The van der Waals surface area contributed by atoms with E-state index < -0.39 is 22.6 Å². The molecule has 0 bridgehead atoms. The van der Waals surface area contributed by atoms with Gasteiger partial charge < -0.3 is 0 Å². The van der Waals surface area contributed by atoms with Crippen molar-refractivity contribution < 1.29 is 13.0 Å². The molecular formula is C19H19F2NOS. The monoisotopic (exact) mass is 347 g/mol. The van der Waals surface area contributed by atoms with Crippen molar-refractivity contribution in [2.75, 3.05) is 6.54 Å². The minimum atomic E-state index is -1.22. The van der Waals surface area contributed by atoms with Crippen LogP contribution < -0.4 is 0 Å². The van der Waals surface area contributed by atoms with Crippen molar-refractivity contribution in [3.63, 3.8) is 0 Å². The molecule has 0 fully saturated rings. The molecule has 0 aliphatic carbocycles. The summed E-state index contributed by atoms with van der Waals surface area (Å²) < 4.78 is 42.2. The van der Waals surface area contributed by atoms with Gasteiger partial charge in [-0.1, -0.05) is 36.4 Å².